The smallest absolute Gasteiger partial charge is 0.161 e. The molecule has 1 unspecified atom stereocenters. The normalized spacial score (nSPS) is 12.3. The summed E-state index contributed by atoms with van der Waals surface area (Å²) in [6.45, 7) is 4.65. The third-order valence-corrected chi connectivity index (χ3v) is 2.36. The van der Waals surface area contributed by atoms with Crippen LogP contribution < -0.4 is 15.2 Å². The molecule has 0 aromatic heterocycles. The Morgan fingerprint density at radius 1 is 1.27 bits per heavy atom. The Bertz CT molecular complexity index is 312. The van der Waals surface area contributed by atoms with E-state index in [9.17, 15) is 0 Å². The molecular formula is C12H19NO2. The second-order valence-electron chi connectivity index (χ2n) is 3.36. The van der Waals surface area contributed by atoms with E-state index in [1.54, 1.807) is 7.11 Å². The van der Waals surface area contributed by atoms with Gasteiger partial charge in [0.2, 0.25) is 0 Å². The van der Waals surface area contributed by atoms with E-state index in [4.69, 9.17) is 15.2 Å². The van der Waals surface area contributed by atoms with Gasteiger partial charge in [-0.3, -0.25) is 0 Å². The highest BCUT2D eigenvalue weighted by molar-refractivity contribution is 5.43. The summed E-state index contributed by atoms with van der Waals surface area (Å²) in [5.41, 5.74) is 7.03. The Kier molecular flexibility index (Phi) is 4.43. The number of hydrogen-bond donors (Lipinski definition) is 1. The third kappa shape index (κ3) is 2.86. The molecule has 1 atom stereocenters. The van der Waals surface area contributed by atoms with E-state index in [0.717, 1.165) is 23.5 Å². The van der Waals surface area contributed by atoms with Crippen LogP contribution in [-0.2, 0) is 0 Å². The summed E-state index contributed by atoms with van der Waals surface area (Å²) < 4.78 is 10.7. The minimum absolute atomic E-state index is 0.0644. The Morgan fingerprint density at radius 2 is 2.00 bits per heavy atom. The van der Waals surface area contributed by atoms with Crippen LogP contribution in [-0.4, -0.2) is 13.7 Å². The highest BCUT2D eigenvalue weighted by Crippen LogP contribution is 2.30. The Morgan fingerprint density at radius 3 is 2.53 bits per heavy atom. The van der Waals surface area contributed by atoms with E-state index in [-0.39, 0.29) is 6.04 Å². The van der Waals surface area contributed by atoms with Gasteiger partial charge in [0.15, 0.2) is 11.5 Å². The summed E-state index contributed by atoms with van der Waals surface area (Å²) in [6.07, 6.45) is 0.914. The second kappa shape index (κ2) is 5.61. The minimum atomic E-state index is 0.0644. The van der Waals surface area contributed by atoms with Crippen LogP contribution >= 0.6 is 0 Å². The van der Waals surface area contributed by atoms with E-state index in [1.807, 2.05) is 25.1 Å². The van der Waals surface area contributed by atoms with E-state index in [1.165, 1.54) is 0 Å². The quantitative estimate of drug-likeness (QED) is 0.810. The molecule has 0 aliphatic heterocycles. The molecule has 15 heavy (non-hydrogen) atoms. The van der Waals surface area contributed by atoms with E-state index >= 15 is 0 Å². The molecule has 0 aliphatic rings. The third-order valence-electron chi connectivity index (χ3n) is 2.36. The van der Waals surface area contributed by atoms with Crippen molar-refractivity contribution in [1.82, 2.24) is 0 Å². The van der Waals surface area contributed by atoms with Gasteiger partial charge in [-0.1, -0.05) is 13.0 Å². The number of ether oxygens (including phenoxy) is 2. The van der Waals surface area contributed by atoms with Gasteiger partial charge in [0, 0.05) is 6.04 Å². The molecule has 0 spiro atoms. The minimum Gasteiger partial charge on any atom is -0.493 e. The van der Waals surface area contributed by atoms with E-state index < -0.39 is 0 Å². The first-order valence-corrected chi connectivity index (χ1v) is 5.29. The summed E-state index contributed by atoms with van der Waals surface area (Å²) in [6, 6.07) is 5.91. The average molecular weight is 209 g/mol. The lowest BCUT2D eigenvalue weighted by molar-refractivity contribution is 0.310. The van der Waals surface area contributed by atoms with Crippen molar-refractivity contribution >= 4 is 0 Å². The van der Waals surface area contributed by atoms with Gasteiger partial charge in [0.1, 0.15) is 0 Å². The van der Waals surface area contributed by atoms with Gasteiger partial charge in [-0.05, 0) is 31.0 Å². The fourth-order valence-corrected chi connectivity index (χ4v) is 1.43. The number of methoxy groups -OCH3 is 1. The molecule has 0 heterocycles. The number of nitrogens with two attached hydrogens (primary N) is 1. The molecule has 0 radical (unpaired) electrons. The predicted molar refractivity (Wildman–Crippen MR) is 61.4 cm³/mol. The van der Waals surface area contributed by atoms with Crippen LogP contribution in [0.25, 0.3) is 0 Å². The molecule has 0 aliphatic carbocycles. The van der Waals surface area contributed by atoms with Gasteiger partial charge < -0.3 is 15.2 Å². The summed E-state index contributed by atoms with van der Waals surface area (Å²) in [7, 11) is 1.64. The summed E-state index contributed by atoms with van der Waals surface area (Å²) >= 11 is 0. The molecule has 1 aromatic carbocycles. The summed E-state index contributed by atoms with van der Waals surface area (Å²) in [5.74, 6) is 1.52. The van der Waals surface area contributed by atoms with Gasteiger partial charge in [-0.15, -0.1) is 0 Å². The molecule has 1 aromatic rings. The van der Waals surface area contributed by atoms with Crippen LogP contribution in [0.3, 0.4) is 0 Å². The SMILES string of the molecule is CCOc1ccc(C(N)CC)cc1OC. The lowest BCUT2D eigenvalue weighted by Gasteiger charge is -2.14. The van der Waals surface area contributed by atoms with E-state index in [0.29, 0.717) is 6.61 Å². The molecular weight excluding hydrogens is 190 g/mol. The van der Waals surface area contributed by atoms with Crippen LogP contribution in [0.2, 0.25) is 0 Å². The van der Waals surface area contributed by atoms with E-state index in [2.05, 4.69) is 6.92 Å². The molecule has 3 heteroatoms. The lowest BCUT2D eigenvalue weighted by Crippen LogP contribution is -2.08. The van der Waals surface area contributed by atoms with Crippen LogP contribution in [0.1, 0.15) is 31.9 Å². The molecule has 0 saturated heterocycles. The highest BCUT2D eigenvalue weighted by atomic mass is 16.5. The summed E-state index contributed by atoms with van der Waals surface area (Å²) in [5, 5.41) is 0. The van der Waals surface area contributed by atoms with Gasteiger partial charge in [-0.2, -0.15) is 0 Å². The van der Waals surface area contributed by atoms with Crippen molar-refractivity contribution in [3.63, 3.8) is 0 Å². The topological polar surface area (TPSA) is 44.5 Å². The van der Waals surface area contributed by atoms with Gasteiger partial charge in [0.05, 0.1) is 13.7 Å². The second-order valence-corrected chi connectivity index (χ2v) is 3.36. The monoisotopic (exact) mass is 209 g/mol. The molecule has 1 rings (SSSR count). The van der Waals surface area contributed by atoms with Crippen molar-refractivity contribution in [2.45, 2.75) is 26.3 Å². The maximum Gasteiger partial charge on any atom is 0.161 e. The zero-order chi connectivity index (χ0) is 11.3. The maximum atomic E-state index is 5.95. The number of benzene rings is 1. The van der Waals surface area contributed by atoms with Crippen LogP contribution in [0.5, 0.6) is 11.5 Å². The molecule has 0 fully saturated rings. The first-order chi connectivity index (χ1) is 7.22. The van der Waals surface area contributed by atoms with Crippen molar-refractivity contribution in [2.24, 2.45) is 5.73 Å². The lowest BCUT2D eigenvalue weighted by atomic mass is 10.1. The van der Waals surface area contributed by atoms with Crippen molar-refractivity contribution in [1.29, 1.82) is 0 Å². The van der Waals surface area contributed by atoms with Crippen molar-refractivity contribution in [3.8, 4) is 11.5 Å². The zero-order valence-electron chi connectivity index (χ0n) is 9.62. The molecule has 84 valence electrons. The Hall–Kier alpha value is -1.22. The largest absolute Gasteiger partial charge is 0.493 e. The molecule has 0 saturated carbocycles. The van der Waals surface area contributed by atoms with Crippen LogP contribution in [0.15, 0.2) is 18.2 Å². The van der Waals surface area contributed by atoms with Gasteiger partial charge >= 0.3 is 0 Å². The fourth-order valence-electron chi connectivity index (χ4n) is 1.43. The summed E-state index contributed by atoms with van der Waals surface area (Å²) in [4.78, 5) is 0. The van der Waals surface area contributed by atoms with Crippen molar-refractivity contribution in [2.75, 3.05) is 13.7 Å². The maximum absolute atomic E-state index is 5.95. The predicted octanol–water partition coefficient (Wildman–Crippen LogP) is 2.50. The van der Waals surface area contributed by atoms with Crippen molar-refractivity contribution in [3.05, 3.63) is 23.8 Å². The van der Waals surface area contributed by atoms with Crippen LogP contribution in [0.4, 0.5) is 0 Å². The van der Waals surface area contributed by atoms with Crippen LogP contribution in [0, 0.1) is 0 Å². The number of rotatable bonds is 5. The molecule has 0 bridgehead atoms. The first-order valence-electron chi connectivity index (χ1n) is 5.29. The average Bonchev–Trinajstić information content (AvgIpc) is 2.29. The zero-order valence-corrected chi connectivity index (χ0v) is 9.62. The molecule has 0 amide bonds. The first kappa shape index (κ1) is 11.9. The van der Waals surface area contributed by atoms with Crippen molar-refractivity contribution < 1.29 is 9.47 Å². The fraction of sp³-hybridized carbons (Fsp3) is 0.500. The van der Waals surface area contributed by atoms with Gasteiger partial charge in [-0.25, -0.2) is 0 Å². The number of hydrogen-bond acceptors (Lipinski definition) is 3. The Balaban J connectivity index is 2.96. The highest BCUT2D eigenvalue weighted by Gasteiger charge is 2.08. The molecule has 2 N–H and O–H groups in total. The standard InChI is InChI=1S/C12H19NO2/c1-4-10(13)9-6-7-11(15-5-2)12(8-9)14-3/h6-8,10H,4-5,13H2,1-3H3. The Labute approximate surface area is 91.2 Å². The molecule has 3 nitrogen and oxygen atoms in total. The van der Waals surface area contributed by atoms with Gasteiger partial charge in [0.25, 0.3) is 0 Å².